The van der Waals surface area contributed by atoms with E-state index < -0.39 is 0 Å². The fraction of sp³-hybridized carbons (Fsp3) is 0.222. The summed E-state index contributed by atoms with van der Waals surface area (Å²) in [6, 6.07) is 12.2. The van der Waals surface area contributed by atoms with Crippen LogP contribution < -0.4 is 10.2 Å². The Labute approximate surface area is 151 Å². The van der Waals surface area contributed by atoms with E-state index in [2.05, 4.69) is 5.32 Å². The van der Waals surface area contributed by atoms with E-state index in [0.29, 0.717) is 34.4 Å². The number of anilines is 1. The summed E-state index contributed by atoms with van der Waals surface area (Å²) in [6.07, 6.45) is 0. The molecule has 4 nitrogen and oxygen atoms in total. The highest BCUT2D eigenvalue weighted by Gasteiger charge is 2.15. The van der Waals surface area contributed by atoms with E-state index in [1.165, 1.54) is 11.8 Å². The lowest BCUT2D eigenvalue weighted by Gasteiger charge is -2.22. The second kappa shape index (κ2) is 8.18. The predicted octanol–water partition coefficient (Wildman–Crippen LogP) is 4.08. The highest BCUT2D eigenvalue weighted by Crippen LogP contribution is 2.29. The van der Waals surface area contributed by atoms with Crippen LogP contribution in [0.4, 0.5) is 5.69 Å². The Morgan fingerprint density at radius 3 is 2.38 bits per heavy atom. The Hall–Kier alpha value is -2.04. The Morgan fingerprint density at radius 2 is 1.75 bits per heavy atom. The van der Waals surface area contributed by atoms with Crippen molar-refractivity contribution in [2.24, 2.45) is 0 Å². The molecule has 2 aromatic carbocycles. The lowest BCUT2D eigenvalue weighted by atomic mass is 10.1. The van der Waals surface area contributed by atoms with E-state index in [9.17, 15) is 9.59 Å². The number of rotatable bonds is 5. The van der Waals surface area contributed by atoms with Crippen LogP contribution in [0, 0.1) is 6.92 Å². The van der Waals surface area contributed by atoms with Crippen LogP contribution >= 0.6 is 23.2 Å². The van der Waals surface area contributed by atoms with Gasteiger partial charge in [0.1, 0.15) is 0 Å². The third-order valence-electron chi connectivity index (χ3n) is 3.51. The molecular formula is C18H18Cl2N2O2. The zero-order valence-electron chi connectivity index (χ0n) is 13.5. The Kier molecular flexibility index (Phi) is 6.23. The SMILES string of the molecule is CC(=O)N(CCNC(=O)c1ccc(C)cc1)c1cc(Cl)ccc1Cl. The van der Waals surface area contributed by atoms with Crippen molar-refractivity contribution < 1.29 is 9.59 Å². The molecule has 0 heterocycles. The molecular weight excluding hydrogens is 347 g/mol. The largest absolute Gasteiger partial charge is 0.350 e. The van der Waals surface area contributed by atoms with Crippen molar-refractivity contribution in [1.29, 1.82) is 0 Å². The van der Waals surface area contributed by atoms with Gasteiger partial charge in [-0.15, -0.1) is 0 Å². The van der Waals surface area contributed by atoms with Crippen molar-refractivity contribution >= 4 is 40.7 Å². The molecule has 1 N–H and O–H groups in total. The monoisotopic (exact) mass is 364 g/mol. The number of carbonyl (C=O) groups excluding carboxylic acids is 2. The van der Waals surface area contributed by atoms with Crippen molar-refractivity contribution in [3.8, 4) is 0 Å². The topological polar surface area (TPSA) is 49.4 Å². The van der Waals surface area contributed by atoms with Gasteiger partial charge < -0.3 is 10.2 Å². The number of nitrogens with one attached hydrogen (secondary N) is 1. The number of hydrogen-bond acceptors (Lipinski definition) is 2. The number of aryl methyl sites for hydroxylation is 1. The number of hydrogen-bond donors (Lipinski definition) is 1. The van der Waals surface area contributed by atoms with Crippen LogP contribution in [0.1, 0.15) is 22.8 Å². The van der Waals surface area contributed by atoms with Crippen molar-refractivity contribution in [3.63, 3.8) is 0 Å². The zero-order chi connectivity index (χ0) is 17.7. The number of benzene rings is 2. The first-order chi connectivity index (χ1) is 11.4. The molecule has 2 aromatic rings. The molecule has 0 aliphatic carbocycles. The normalized spacial score (nSPS) is 10.3. The lowest BCUT2D eigenvalue weighted by Crippen LogP contribution is -2.37. The summed E-state index contributed by atoms with van der Waals surface area (Å²) >= 11 is 12.1. The third-order valence-corrected chi connectivity index (χ3v) is 4.07. The first kappa shape index (κ1) is 18.3. The van der Waals surface area contributed by atoms with Gasteiger partial charge in [-0.05, 0) is 37.3 Å². The molecule has 0 fully saturated rings. The van der Waals surface area contributed by atoms with Gasteiger partial charge in [-0.3, -0.25) is 9.59 Å². The maximum atomic E-state index is 12.1. The van der Waals surface area contributed by atoms with Gasteiger partial charge in [0.2, 0.25) is 5.91 Å². The summed E-state index contributed by atoms with van der Waals surface area (Å²) in [5.74, 6) is -0.362. The molecule has 0 aliphatic heterocycles. The van der Waals surface area contributed by atoms with Crippen LogP contribution in [-0.2, 0) is 4.79 Å². The fourth-order valence-corrected chi connectivity index (χ4v) is 2.61. The zero-order valence-corrected chi connectivity index (χ0v) is 15.0. The molecule has 0 atom stereocenters. The summed E-state index contributed by atoms with van der Waals surface area (Å²) < 4.78 is 0. The van der Waals surface area contributed by atoms with Crippen molar-refractivity contribution in [2.75, 3.05) is 18.0 Å². The van der Waals surface area contributed by atoms with E-state index in [1.54, 1.807) is 30.3 Å². The summed E-state index contributed by atoms with van der Waals surface area (Å²) in [7, 11) is 0. The van der Waals surface area contributed by atoms with E-state index in [1.807, 2.05) is 19.1 Å². The fourth-order valence-electron chi connectivity index (χ4n) is 2.23. The molecule has 6 heteroatoms. The molecule has 0 aliphatic rings. The maximum Gasteiger partial charge on any atom is 0.251 e. The summed E-state index contributed by atoms with van der Waals surface area (Å²) in [6.45, 7) is 4.00. The summed E-state index contributed by atoms with van der Waals surface area (Å²) in [4.78, 5) is 25.5. The molecule has 126 valence electrons. The van der Waals surface area contributed by atoms with Gasteiger partial charge in [0.15, 0.2) is 0 Å². The maximum absolute atomic E-state index is 12.1. The van der Waals surface area contributed by atoms with Gasteiger partial charge in [-0.1, -0.05) is 40.9 Å². The van der Waals surface area contributed by atoms with Crippen LogP contribution in [0.3, 0.4) is 0 Å². The second-order valence-corrected chi connectivity index (χ2v) is 6.23. The first-order valence-electron chi connectivity index (χ1n) is 7.46. The Balaban J connectivity index is 2.02. The van der Waals surface area contributed by atoms with Gasteiger partial charge in [0.05, 0.1) is 10.7 Å². The molecule has 0 unspecified atom stereocenters. The summed E-state index contributed by atoms with van der Waals surface area (Å²) in [5, 5.41) is 3.72. The van der Waals surface area contributed by atoms with E-state index in [-0.39, 0.29) is 11.8 Å². The van der Waals surface area contributed by atoms with Crippen LogP contribution in [0.2, 0.25) is 10.0 Å². The minimum absolute atomic E-state index is 0.177. The minimum Gasteiger partial charge on any atom is -0.350 e. The predicted molar refractivity (Wildman–Crippen MR) is 98.0 cm³/mol. The van der Waals surface area contributed by atoms with Crippen LogP contribution in [0.5, 0.6) is 0 Å². The van der Waals surface area contributed by atoms with Gasteiger partial charge >= 0.3 is 0 Å². The molecule has 2 amide bonds. The van der Waals surface area contributed by atoms with Gasteiger partial charge in [0, 0.05) is 30.6 Å². The Bertz CT molecular complexity index is 745. The molecule has 0 spiro atoms. The molecule has 24 heavy (non-hydrogen) atoms. The third kappa shape index (κ3) is 4.73. The van der Waals surface area contributed by atoms with E-state index in [0.717, 1.165) is 5.56 Å². The van der Waals surface area contributed by atoms with Crippen molar-refractivity contribution in [1.82, 2.24) is 5.32 Å². The highest BCUT2D eigenvalue weighted by molar-refractivity contribution is 6.35. The second-order valence-electron chi connectivity index (χ2n) is 5.39. The average Bonchev–Trinajstić information content (AvgIpc) is 2.54. The van der Waals surface area contributed by atoms with E-state index >= 15 is 0 Å². The molecule has 0 bridgehead atoms. The standard InChI is InChI=1S/C18H18Cl2N2O2/c1-12-3-5-14(6-4-12)18(24)21-9-10-22(13(2)23)17-11-15(19)7-8-16(17)20/h3-8,11H,9-10H2,1-2H3,(H,21,24). The molecule has 0 saturated carbocycles. The van der Waals surface area contributed by atoms with Crippen LogP contribution in [0.25, 0.3) is 0 Å². The smallest absolute Gasteiger partial charge is 0.251 e. The quantitative estimate of drug-likeness (QED) is 0.868. The van der Waals surface area contributed by atoms with E-state index in [4.69, 9.17) is 23.2 Å². The van der Waals surface area contributed by atoms with Gasteiger partial charge in [-0.2, -0.15) is 0 Å². The highest BCUT2D eigenvalue weighted by atomic mass is 35.5. The van der Waals surface area contributed by atoms with Crippen LogP contribution in [-0.4, -0.2) is 24.9 Å². The molecule has 0 radical (unpaired) electrons. The number of nitrogens with zero attached hydrogens (tertiary/aromatic N) is 1. The number of carbonyl (C=O) groups is 2. The molecule has 2 rings (SSSR count). The van der Waals surface area contributed by atoms with Gasteiger partial charge in [-0.25, -0.2) is 0 Å². The molecule has 0 aromatic heterocycles. The number of halogens is 2. The Morgan fingerprint density at radius 1 is 1.08 bits per heavy atom. The van der Waals surface area contributed by atoms with Crippen LogP contribution in [0.15, 0.2) is 42.5 Å². The minimum atomic E-state index is -0.185. The average molecular weight is 365 g/mol. The summed E-state index contributed by atoms with van der Waals surface area (Å²) in [5.41, 5.74) is 2.20. The van der Waals surface area contributed by atoms with Crippen molar-refractivity contribution in [3.05, 3.63) is 63.6 Å². The lowest BCUT2D eigenvalue weighted by molar-refractivity contribution is -0.116. The number of amides is 2. The molecule has 0 saturated heterocycles. The van der Waals surface area contributed by atoms with Crippen molar-refractivity contribution in [2.45, 2.75) is 13.8 Å². The first-order valence-corrected chi connectivity index (χ1v) is 8.22. The van der Waals surface area contributed by atoms with Gasteiger partial charge in [0.25, 0.3) is 5.91 Å².